The van der Waals surface area contributed by atoms with E-state index >= 15 is 0 Å². The van der Waals surface area contributed by atoms with Crippen molar-refractivity contribution in [2.45, 2.75) is 34.6 Å². The highest BCUT2D eigenvalue weighted by molar-refractivity contribution is 7.94. The Morgan fingerprint density at radius 1 is 0.868 bits per heavy atom. The summed E-state index contributed by atoms with van der Waals surface area (Å²) in [5.41, 5.74) is 0.473. The number of nitrogens with one attached hydrogen (secondary N) is 1. The SMILES string of the molecule is CC(=O)C(N=Nc1ccc(S(=O)(=O)CCOS(=O)(=O)O)cc1)C(=O)Nc1ccc2c(O)c(N=Nc3ccc(C)cc3)c(SOOO)cc2c1S(=O)(=O)O. The number of carbonyl (C=O) groups excluding carboxylic acids is 2. The topological polar surface area (TPSA) is 307 Å². The first kappa shape index (κ1) is 41.0. The molecule has 1 atom stereocenters. The fourth-order valence-corrected chi connectivity index (χ4v) is 7.25. The van der Waals surface area contributed by atoms with Gasteiger partial charge in [0.25, 0.3) is 16.0 Å². The summed E-state index contributed by atoms with van der Waals surface area (Å²) in [4.78, 5) is 24.3. The van der Waals surface area contributed by atoms with E-state index < -0.39 is 76.8 Å². The van der Waals surface area contributed by atoms with E-state index in [9.17, 15) is 44.5 Å². The Hall–Kier alpha value is -4.76. The molecule has 0 bridgehead atoms. The predicted octanol–water partition coefficient (Wildman–Crippen LogP) is 5.22. The van der Waals surface area contributed by atoms with E-state index in [0.29, 0.717) is 5.69 Å². The molecule has 282 valence electrons. The van der Waals surface area contributed by atoms with E-state index in [1.165, 1.54) is 6.07 Å². The number of Topliss-reactive ketones (excluding diaryl/α,β-unsaturated/α-hetero) is 1. The van der Waals surface area contributed by atoms with Crippen molar-refractivity contribution in [1.82, 2.24) is 0 Å². The molecule has 4 aromatic rings. The zero-order valence-corrected chi connectivity index (χ0v) is 30.3. The molecule has 24 heteroatoms. The molecular formula is C29H27N5O15S4. The maximum atomic E-state index is 13.3. The quantitative estimate of drug-likeness (QED) is 0.0242. The number of benzene rings is 4. The van der Waals surface area contributed by atoms with Gasteiger partial charge in [0.05, 0.1) is 51.3 Å². The van der Waals surface area contributed by atoms with Crippen LogP contribution in [0, 0.1) is 6.92 Å². The molecule has 0 fully saturated rings. The van der Waals surface area contributed by atoms with Gasteiger partial charge in [-0.3, -0.25) is 18.7 Å². The highest BCUT2D eigenvalue weighted by atomic mass is 32.3. The van der Waals surface area contributed by atoms with Gasteiger partial charge in [0, 0.05) is 10.8 Å². The lowest BCUT2D eigenvalue weighted by Gasteiger charge is -2.16. The van der Waals surface area contributed by atoms with E-state index in [4.69, 9.17) is 9.81 Å². The van der Waals surface area contributed by atoms with Gasteiger partial charge in [-0.1, -0.05) is 22.7 Å². The summed E-state index contributed by atoms with van der Waals surface area (Å²) in [6, 6.07) is 12.6. The number of aryl methyl sites for hydroxylation is 1. The Balaban J connectivity index is 1.66. The van der Waals surface area contributed by atoms with Crippen molar-refractivity contribution in [2.24, 2.45) is 20.5 Å². The normalized spacial score (nSPS) is 13.2. The minimum Gasteiger partial charge on any atom is -0.505 e. The van der Waals surface area contributed by atoms with Gasteiger partial charge in [-0.25, -0.2) is 17.9 Å². The molecule has 0 aliphatic heterocycles. The summed E-state index contributed by atoms with van der Waals surface area (Å²) in [7, 11) is -14.1. The summed E-state index contributed by atoms with van der Waals surface area (Å²) in [6.45, 7) is 1.98. The number of fused-ring (bicyclic) bond motifs is 1. The third kappa shape index (κ3) is 10.9. The molecule has 0 heterocycles. The number of phenolic OH excluding ortho intramolecular Hbond substituents is 1. The summed E-state index contributed by atoms with van der Waals surface area (Å²) in [5, 5.41) is 40.7. The highest BCUT2D eigenvalue weighted by Crippen LogP contribution is 2.46. The first-order valence-electron chi connectivity index (χ1n) is 14.4. The van der Waals surface area contributed by atoms with Crippen LogP contribution in [0.1, 0.15) is 12.5 Å². The highest BCUT2D eigenvalue weighted by Gasteiger charge is 2.29. The summed E-state index contributed by atoms with van der Waals surface area (Å²) >= 11 is 0.280. The van der Waals surface area contributed by atoms with Crippen LogP contribution in [0.15, 0.2) is 102 Å². The smallest absolute Gasteiger partial charge is 0.397 e. The number of sulfone groups is 1. The maximum absolute atomic E-state index is 13.3. The minimum atomic E-state index is -5.21. The van der Waals surface area contributed by atoms with Gasteiger partial charge in [-0.05, 0) is 68.4 Å². The molecule has 0 spiro atoms. The molecule has 53 heavy (non-hydrogen) atoms. The van der Waals surface area contributed by atoms with Crippen molar-refractivity contribution < 1.29 is 67.9 Å². The molecule has 0 aliphatic rings. The standard InChI is InChI=1S/C29H27N5O15S4/c1-16-3-5-18(6-4-16)32-34-26-24(50-49-48-38)15-22-21(27(26)36)11-12-23(28(22)52(41,42)43)30-29(37)25(17(2)35)33-31-19-7-9-20(10-8-19)51(39,40)14-13-47-53(44,45)46/h3-12,15,25,36,38H,13-14H2,1-2H3,(H,30,37)(H,41,42,43)(H,44,45,46). The molecule has 1 amide bonds. The van der Waals surface area contributed by atoms with Crippen LogP contribution < -0.4 is 5.32 Å². The van der Waals surface area contributed by atoms with E-state index in [0.717, 1.165) is 48.9 Å². The van der Waals surface area contributed by atoms with Crippen molar-refractivity contribution in [1.29, 1.82) is 0 Å². The Kier molecular flexibility index (Phi) is 13.1. The largest absolute Gasteiger partial charge is 0.505 e. The average molecular weight is 814 g/mol. The molecule has 0 radical (unpaired) electrons. The molecule has 1 unspecified atom stereocenters. The van der Waals surface area contributed by atoms with Gasteiger partial charge in [-0.15, -0.1) is 9.45 Å². The maximum Gasteiger partial charge on any atom is 0.397 e. The van der Waals surface area contributed by atoms with Crippen LogP contribution in [0.5, 0.6) is 5.75 Å². The third-order valence-corrected chi connectivity index (χ3v) is 10.6. The number of nitrogens with zero attached hydrogens (tertiary/aromatic N) is 4. The van der Waals surface area contributed by atoms with E-state index in [1.54, 1.807) is 24.3 Å². The number of phenols is 1. The fourth-order valence-electron chi connectivity index (χ4n) is 4.43. The Morgan fingerprint density at radius 2 is 1.49 bits per heavy atom. The number of rotatable bonds is 16. The molecular weight excluding hydrogens is 787 g/mol. The number of aromatic hydroxyl groups is 1. The van der Waals surface area contributed by atoms with Crippen molar-refractivity contribution in [3.05, 3.63) is 72.3 Å². The Bertz CT molecular complexity index is 2420. The zero-order valence-electron chi connectivity index (χ0n) is 27.0. The van der Waals surface area contributed by atoms with Crippen LogP contribution in [0.3, 0.4) is 0 Å². The number of hydrogen-bond acceptors (Lipinski definition) is 18. The van der Waals surface area contributed by atoms with Crippen molar-refractivity contribution in [3.8, 4) is 5.75 Å². The molecule has 5 N–H and O–H groups in total. The van der Waals surface area contributed by atoms with Gasteiger partial charge < -0.3 is 10.4 Å². The van der Waals surface area contributed by atoms with Crippen molar-refractivity contribution >= 4 is 87.6 Å². The lowest BCUT2D eigenvalue weighted by Crippen LogP contribution is -2.32. The van der Waals surface area contributed by atoms with Crippen LogP contribution in [0.25, 0.3) is 10.8 Å². The van der Waals surface area contributed by atoms with Gasteiger partial charge in [0.15, 0.2) is 21.4 Å². The Morgan fingerprint density at radius 3 is 2.08 bits per heavy atom. The van der Waals surface area contributed by atoms with Gasteiger partial charge in [0.2, 0.25) is 6.04 Å². The second kappa shape index (κ2) is 16.9. The molecule has 0 saturated heterocycles. The number of ketones is 1. The number of azo groups is 2. The van der Waals surface area contributed by atoms with Gasteiger partial charge in [-0.2, -0.15) is 32.2 Å². The van der Waals surface area contributed by atoms with Gasteiger partial charge in [0.1, 0.15) is 10.6 Å². The summed E-state index contributed by atoms with van der Waals surface area (Å²) in [6.07, 6.45) is 0. The molecule has 0 aromatic heterocycles. The fraction of sp³-hybridized carbons (Fsp3) is 0.172. The summed E-state index contributed by atoms with van der Waals surface area (Å²) in [5.74, 6) is -3.51. The van der Waals surface area contributed by atoms with Crippen LogP contribution in [0.2, 0.25) is 0 Å². The molecule has 0 aliphatic carbocycles. The lowest BCUT2D eigenvalue weighted by molar-refractivity contribution is -0.432. The Labute approximate surface area is 305 Å². The molecule has 20 nitrogen and oxygen atoms in total. The predicted molar refractivity (Wildman–Crippen MR) is 185 cm³/mol. The minimum absolute atomic E-state index is 0.0357. The second-order valence-electron chi connectivity index (χ2n) is 10.6. The first-order chi connectivity index (χ1) is 24.8. The summed E-state index contributed by atoms with van der Waals surface area (Å²) < 4.78 is 98.9. The molecule has 4 aromatic carbocycles. The van der Waals surface area contributed by atoms with E-state index in [1.807, 2.05) is 6.92 Å². The number of amides is 1. The third-order valence-electron chi connectivity index (χ3n) is 6.86. The van der Waals surface area contributed by atoms with Crippen molar-refractivity contribution in [3.63, 3.8) is 0 Å². The van der Waals surface area contributed by atoms with E-state index in [2.05, 4.69) is 39.3 Å². The van der Waals surface area contributed by atoms with Crippen LogP contribution in [0.4, 0.5) is 22.7 Å². The monoisotopic (exact) mass is 813 g/mol. The second-order valence-corrected chi connectivity index (χ2v) is 15.9. The van der Waals surface area contributed by atoms with Crippen molar-refractivity contribution in [2.75, 3.05) is 17.7 Å². The van der Waals surface area contributed by atoms with Crippen LogP contribution >= 0.6 is 12.0 Å². The van der Waals surface area contributed by atoms with E-state index in [-0.39, 0.29) is 44.0 Å². The number of hydrogen-bond donors (Lipinski definition) is 5. The number of anilines is 1. The molecule has 0 saturated carbocycles. The molecule has 4 rings (SSSR count). The zero-order chi connectivity index (χ0) is 39.1. The van der Waals surface area contributed by atoms with Crippen LogP contribution in [-0.2, 0) is 53.5 Å². The average Bonchev–Trinajstić information content (AvgIpc) is 3.06. The van der Waals surface area contributed by atoms with Gasteiger partial charge >= 0.3 is 10.4 Å². The first-order valence-corrected chi connectivity index (χ1v) is 19.6. The number of carbonyl (C=O) groups is 2. The van der Waals surface area contributed by atoms with Crippen LogP contribution in [-0.4, -0.2) is 74.8 Å². The lowest BCUT2D eigenvalue weighted by atomic mass is 10.1.